The maximum Gasteiger partial charge on any atom is 0.258 e. The minimum absolute atomic E-state index is 0.0826. The van der Waals surface area contributed by atoms with Gasteiger partial charge in [-0.1, -0.05) is 36.4 Å². The van der Waals surface area contributed by atoms with E-state index in [-0.39, 0.29) is 17.7 Å². The molecule has 0 atom stereocenters. The van der Waals surface area contributed by atoms with Crippen LogP contribution in [0.2, 0.25) is 0 Å². The van der Waals surface area contributed by atoms with Crippen LogP contribution in [0.4, 0.5) is 0 Å². The summed E-state index contributed by atoms with van der Waals surface area (Å²) in [4.78, 5) is 40.2. The van der Waals surface area contributed by atoms with Crippen molar-refractivity contribution in [2.45, 2.75) is 6.42 Å². The smallest absolute Gasteiger partial charge is 0.258 e. The van der Waals surface area contributed by atoms with Crippen molar-refractivity contribution in [3.05, 3.63) is 71.3 Å². The molecule has 5 aromatic carbocycles. The van der Waals surface area contributed by atoms with E-state index in [2.05, 4.69) is 15.5 Å². The largest absolute Gasteiger partial charge is 0.352 e. The molecule has 0 fully saturated rings. The van der Waals surface area contributed by atoms with Crippen molar-refractivity contribution in [2.75, 3.05) is 27.2 Å². The number of amides is 3. The summed E-state index contributed by atoms with van der Waals surface area (Å²) < 4.78 is 0. The molecule has 0 radical (unpaired) electrons. The van der Waals surface area contributed by atoms with Crippen molar-refractivity contribution in [1.82, 2.24) is 15.5 Å². The lowest BCUT2D eigenvalue weighted by Gasteiger charge is -2.21. The summed E-state index contributed by atoms with van der Waals surface area (Å²) in [5.41, 5.74) is 1.67. The van der Waals surface area contributed by atoms with Crippen LogP contribution in [0, 0.1) is 0 Å². The van der Waals surface area contributed by atoms with E-state index in [9.17, 15) is 14.4 Å². The molecule has 0 spiro atoms. The Morgan fingerprint density at radius 1 is 0.765 bits per heavy atom. The van der Waals surface area contributed by atoms with Gasteiger partial charge in [-0.15, -0.1) is 0 Å². The average Bonchev–Trinajstić information content (AvgIpc) is 2.83. The number of benzene rings is 5. The van der Waals surface area contributed by atoms with Gasteiger partial charge in [0.1, 0.15) is 0 Å². The zero-order valence-corrected chi connectivity index (χ0v) is 19.0. The molecule has 6 nitrogen and oxygen atoms in total. The number of rotatable bonds is 5. The van der Waals surface area contributed by atoms with Gasteiger partial charge in [0.15, 0.2) is 0 Å². The van der Waals surface area contributed by atoms with Gasteiger partial charge in [-0.2, -0.15) is 0 Å². The quantitative estimate of drug-likeness (QED) is 0.181. The highest BCUT2D eigenvalue weighted by atomic mass is 16.2. The first-order valence-electron chi connectivity index (χ1n) is 11.4. The second kappa shape index (κ2) is 7.50. The third kappa shape index (κ3) is 2.89. The Hall–Kier alpha value is -4.03. The first-order valence-corrected chi connectivity index (χ1v) is 11.4. The summed E-state index contributed by atoms with van der Waals surface area (Å²) in [5, 5.41) is 13.0. The predicted octanol–water partition coefficient (Wildman–Crippen LogP) is 4.30. The van der Waals surface area contributed by atoms with Gasteiger partial charge in [-0.25, -0.2) is 0 Å². The number of nitrogens with zero attached hydrogens (tertiary/aromatic N) is 1. The molecule has 5 aromatic rings. The highest BCUT2D eigenvalue weighted by Gasteiger charge is 2.27. The molecule has 1 aliphatic heterocycles. The van der Waals surface area contributed by atoms with E-state index >= 15 is 0 Å². The summed E-state index contributed by atoms with van der Waals surface area (Å²) in [6, 6.07) is 17.3. The van der Waals surface area contributed by atoms with Crippen LogP contribution in [0.5, 0.6) is 0 Å². The van der Waals surface area contributed by atoms with Crippen LogP contribution in [0.15, 0.2) is 54.6 Å². The fourth-order valence-corrected chi connectivity index (χ4v) is 5.31. The van der Waals surface area contributed by atoms with Crippen LogP contribution < -0.4 is 10.6 Å². The topological polar surface area (TPSA) is 78.5 Å². The van der Waals surface area contributed by atoms with Gasteiger partial charge < -0.3 is 10.2 Å². The van der Waals surface area contributed by atoms with Crippen LogP contribution >= 0.6 is 0 Å². The maximum atomic E-state index is 13.1. The Morgan fingerprint density at radius 3 is 2.03 bits per heavy atom. The minimum Gasteiger partial charge on any atom is -0.352 e. The van der Waals surface area contributed by atoms with Gasteiger partial charge in [-0.05, 0) is 83.0 Å². The van der Waals surface area contributed by atoms with E-state index in [1.54, 1.807) is 12.1 Å². The van der Waals surface area contributed by atoms with E-state index in [0.717, 1.165) is 50.7 Å². The van der Waals surface area contributed by atoms with E-state index in [4.69, 9.17) is 0 Å². The monoisotopic (exact) mass is 449 g/mol. The van der Waals surface area contributed by atoms with Gasteiger partial charge in [0.25, 0.3) is 17.7 Å². The summed E-state index contributed by atoms with van der Waals surface area (Å²) >= 11 is 0. The number of hydrogen-bond donors (Lipinski definition) is 2. The Bertz CT molecular complexity index is 1600. The summed E-state index contributed by atoms with van der Waals surface area (Å²) in [7, 11) is 4.03. The van der Waals surface area contributed by atoms with E-state index in [1.165, 1.54) is 0 Å². The van der Waals surface area contributed by atoms with Gasteiger partial charge in [0.05, 0.1) is 0 Å². The molecular weight excluding hydrogens is 426 g/mol. The average molecular weight is 450 g/mol. The molecule has 6 rings (SSSR count). The standard InChI is InChI=1S/C28H23N3O3/c1-31(2)14-4-13-29-26(32)20-10-7-17-19-9-12-22-25-21(27(33)30-28(22)34)11-8-18(24(19)25)15-5-3-6-16(20)23(15)17/h3,5-12H,4,13-14H2,1-2H3,(H,29,32)(H,30,33,34). The van der Waals surface area contributed by atoms with Crippen LogP contribution in [0.3, 0.4) is 0 Å². The SMILES string of the molecule is CN(C)CCCNC(=O)c1ccc2c3ccc4c5c(ccc(c6cccc1c62)c53)C(=O)NC4=O. The molecule has 1 heterocycles. The lowest BCUT2D eigenvalue weighted by molar-refractivity contribution is 0.0844. The first-order chi connectivity index (χ1) is 16.5. The maximum absolute atomic E-state index is 13.1. The zero-order chi connectivity index (χ0) is 23.6. The molecule has 0 unspecified atom stereocenters. The lowest BCUT2D eigenvalue weighted by atomic mass is 9.84. The van der Waals surface area contributed by atoms with Crippen molar-refractivity contribution in [3.63, 3.8) is 0 Å². The molecule has 34 heavy (non-hydrogen) atoms. The molecule has 0 aliphatic carbocycles. The molecule has 2 N–H and O–H groups in total. The zero-order valence-electron chi connectivity index (χ0n) is 19.0. The molecule has 0 bridgehead atoms. The van der Waals surface area contributed by atoms with Gasteiger partial charge in [-0.3, -0.25) is 19.7 Å². The van der Waals surface area contributed by atoms with Crippen molar-refractivity contribution in [1.29, 1.82) is 0 Å². The number of carbonyl (C=O) groups is 3. The highest BCUT2D eigenvalue weighted by molar-refractivity contribution is 6.39. The third-order valence-corrected chi connectivity index (χ3v) is 6.81. The van der Waals surface area contributed by atoms with E-state index < -0.39 is 0 Å². The Balaban J connectivity index is 1.59. The number of fused-ring (bicyclic) bond motifs is 2. The number of carbonyl (C=O) groups excluding carboxylic acids is 3. The first kappa shape index (κ1) is 20.6. The second-order valence-corrected chi connectivity index (χ2v) is 9.16. The molecule has 168 valence electrons. The van der Waals surface area contributed by atoms with Crippen LogP contribution in [0.1, 0.15) is 37.5 Å². The Morgan fingerprint density at radius 2 is 1.35 bits per heavy atom. The molecule has 0 saturated heterocycles. The van der Waals surface area contributed by atoms with Gasteiger partial charge >= 0.3 is 0 Å². The van der Waals surface area contributed by atoms with Crippen LogP contribution in [-0.2, 0) is 0 Å². The molecule has 6 heteroatoms. The number of imide groups is 1. The highest BCUT2D eigenvalue weighted by Crippen LogP contribution is 2.43. The lowest BCUT2D eigenvalue weighted by Crippen LogP contribution is -2.34. The van der Waals surface area contributed by atoms with Gasteiger partial charge in [0.2, 0.25) is 0 Å². The Kier molecular flexibility index (Phi) is 4.54. The van der Waals surface area contributed by atoms with Gasteiger partial charge in [0, 0.05) is 28.6 Å². The summed E-state index contributed by atoms with van der Waals surface area (Å²) in [6.45, 7) is 1.53. The Labute approximate surface area is 195 Å². The predicted molar refractivity (Wildman–Crippen MR) is 135 cm³/mol. The summed E-state index contributed by atoms with van der Waals surface area (Å²) in [6.07, 6.45) is 0.881. The number of hydrogen-bond acceptors (Lipinski definition) is 4. The fraction of sp³-hybridized carbons (Fsp3) is 0.179. The van der Waals surface area contributed by atoms with Crippen molar-refractivity contribution >= 4 is 60.8 Å². The fourth-order valence-electron chi connectivity index (χ4n) is 5.31. The van der Waals surface area contributed by atoms with E-state index in [1.807, 2.05) is 56.6 Å². The second-order valence-electron chi connectivity index (χ2n) is 9.16. The normalized spacial score (nSPS) is 13.5. The molecular formula is C28H23N3O3. The molecule has 1 aliphatic rings. The van der Waals surface area contributed by atoms with Crippen LogP contribution in [0.25, 0.3) is 43.1 Å². The van der Waals surface area contributed by atoms with Crippen molar-refractivity contribution < 1.29 is 14.4 Å². The van der Waals surface area contributed by atoms with Crippen LogP contribution in [-0.4, -0.2) is 49.8 Å². The van der Waals surface area contributed by atoms with E-state index in [0.29, 0.717) is 28.6 Å². The summed E-state index contributed by atoms with van der Waals surface area (Å²) in [5.74, 6) is -0.821. The molecule has 0 aromatic heterocycles. The third-order valence-electron chi connectivity index (χ3n) is 6.81. The molecule has 0 saturated carbocycles. The molecule has 3 amide bonds. The van der Waals surface area contributed by atoms with Crippen molar-refractivity contribution in [2.24, 2.45) is 0 Å². The minimum atomic E-state index is -0.369. The number of nitrogens with one attached hydrogen (secondary N) is 2. The van der Waals surface area contributed by atoms with Crippen molar-refractivity contribution in [3.8, 4) is 0 Å².